The molecular formula is C30H36ClN3O5S. The zero-order valence-electron chi connectivity index (χ0n) is 23.4. The number of hydrogen-bond acceptors (Lipinski definition) is 5. The van der Waals surface area contributed by atoms with Crippen molar-refractivity contribution in [2.24, 2.45) is 0 Å². The first-order valence-electron chi connectivity index (χ1n) is 13.0. The predicted octanol–water partition coefficient (Wildman–Crippen LogP) is 5.18. The minimum absolute atomic E-state index is 0.0268. The van der Waals surface area contributed by atoms with Gasteiger partial charge in [0.25, 0.3) is 10.0 Å². The van der Waals surface area contributed by atoms with Crippen LogP contribution in [0.5, 0.6) is 5.75 Å². The van der Waals surface area contributed by atoms with Crippen LogP contribution in [0.1, 0.15) is 38.3 Å². The third kappa shape index (κ3) is 7.55. The molecule has 1 atom stereocenters. The number of carbonyl (C=O) groups is 2. The molecule has 1 N–H and O–H groups in total. The minimum Gasteiger partial charge on any atom is -0.497 e. The van der Waals surface area contributed by atoms with E-state index in [4.69, 9.17) is 16.3 Å². The Morgan fingerprint density at radius 2 is 1.68 bits per heavy atom. The summed E-state index contributed by atoms with van der Waals surface area (Å²) < 4.78 is 34.3. The zero-order valence-corrected chi connectivity index (χ0v) is 25.0. The van der Waals surface area contributed by atoms with Gasteiger partial charge in [0.15, 0.2) is 0 Å². The summed E-state index contributed by atoms with van der Waals surface area (Å²) in [5, 5.41) is 3.32. The third-order valence-corrected chi connectivity index (χ3v) is 8.50. The van der Waals surface area contributed by atoms with Crippen molar-refractivity contribution in [2.75, 3.05) is 18.0 Å². The summed E-state index contributed by atoms with van der Waals surface area (Å²) in [5.74, 6) is -0.443. The van der Waals surface area contributed by atoms with Crippen molar-refractivity contribution >= 4 is 39.1 Å². The van der Waals surface area contributed by atoms with E-state index < -0.39 is 28.5 Å². The van der Waals surface area contributed by atoms with E-state index in [1.54, 1.807) is 67.6 Å². The molecule has 2 amide bonds. The summed E-state index contributed by atoms with van der Waals surface area (Å²) in [6.45, 7) is 6.82. The van der Waals surface area contributed by atoms with Crippen molar-refractivity contribution in [3.8, 4) is 5.75 Å². The van der Waals surface area contributed by atoms with Gasteiger partial charge in [-0.1, -0.05) is 60.5 Å². The summed E-state index contributed by atoms with van der Waals surface area (Å²) >= 11 is 6.43. The van der Waals surface area contributed by atoms with Gasteiger partial charge in [0.1, 0.15) is 18.3 Å². The van der Waals surface area contributed by atoms with Crippen LogP contribution in [0.25, 0.3) is 0 Å². The maximum Gasteiger partial charge on any atom is 0.264 e. The number of anilines is 1. The van der Waals surface area contributed by atoms with Gasteiger partial charge in [-0.05, 0) is 63.1 Å². The van der Waals surface area contributed by atoms with Crippen molar-refractivity contribution in [2.45, 2.75) is 57.6 Å². The molecule has 3 rings (SSSR count). The molecular weight excluding hydrogens is 550 g/mol. The molecule has 0 radical (unpaired) electrons. The second-order valence-corrected chi connectivity index (χ2v) is 12.0. The number of benzene rings is 3. The fraction of sp³-hybridized carbons (Fsp3) is 0.333. The highest BCUT2D eigenvalue weighted by Crippen LogP contribution is 2.28. The van der Waals surface area contributed by atoms with Gasteiger partial charge in [-0.25, -0.2) is 8.42 Å². The number of ether oxygens (including phenoxy) is 1. The Balaban J connectivity index is 2.09. The van der Waals surface area contributed by atoms with Gasteiger partial charge in [0.2, 0.25) is 11.8 Å². The topological polar surface area (TPSA) is 96.0 Å². The van der Waals surface area contributed by atoms with Crippen molar-refractivity contribution in [1.82, 2.24) is 10.2 Å². The Kier molecular flexibility index (Phi) is 10.6. The molecule has 0 aliphatic heterocycles. The number of carbonyl (C=O) groups excluding carboxylic acids is 2. The van der Waals surface area contributed by atoms with Gasteiger partial charge in [-0.15, -0.1) is 0 Å². The summed E-state index contributed by atoms with van der Waals surface area (Å²) in [4.78, 5) is 28.7. The molecule has 3 aromatic rings. The van der Waals surface area contributed by atoms with Crippen LogP contribution < -0.4 is 14.4 Å². The summed E-state index contributed by atoms with van der Waals surface area (Å²) in [7, 11) is -2.69. The summed E-state index contributed by atoms with van der Waals surface area (Å²) in [5.41, 5.74) is 1.80. The number of nitrogens with one attached hydrogen (secondary N) is 1. The Morgan fingerprint density at radius 3 is 2.27 bits per heavy atom. The number of hydrogen-bond donors (Lipinski definition) is 1. The number of aryl methyl sites for hydroxylation is 1. The summed E-state index contributed by atoms with van der Waals surface area (Å²) in [6.07, 6.45) is 0.318. The Bertz CT molecular complexity index is 1430. The Morgan fingerprint density at radius 1 is 1.00 bits per heavy atom. The maximum absolute atomic E-state index is 14.1. The monoisotopic (exact) mass is 585 g/mol. The van der Waals surface area contributed by atoms with E-state index >= 15 is 0 Å². The van der Waals surface area contributed by atoms with E-state index in [-0.39, 0.29) is 29.1 Å². The fourth-order valence-corrected chi connectivity index (χ4v) is 5.84. The number of halogens is 1. The smallest absolute Gasteiger partial charge is 0.264 e. The lowest BCUT2D eigenvalue weighted by atomic mass is 10.1. The van der Waals surface area contributed by atoms with Gasteiger partial charge in [-0.3, -0.25) is 13.9 Å². The van der Waals surface area contributed by atoms with Crippen LogP contribution in [0.2, 0.25) is 5.02 Å². The predicted molar refractivity (Wildman–Crippen MR) is 158 cm³/mol. The van der Waals surface area contributed by atoms with Crippen LogP contribution in [-0.2, 0) is 26.2 Å². The molecule has 0 spiro atoms. The summed E-state index contributed by atoms with van der Waals surface area (Å²) in [6, 6.07) is 19.0. The molecule has 0 heterocycles. The zero-order chi connectivity index (χ0) is 29.4. The van der Waals surface area contributed by atoms with Gasteiger partial charge in [0, 0.05) is 23.7 Å². The van der Waals surface area contributed by atoms with Gasteiger partial charge < -0.3 is 15.0 Å². The maximum atomic E-state index is 14.1. The molecule has 1 unspecified atom stereocenters. The van der Waals surface area contributed by atoms with Crippen LogP contribution in [-0.4, -0.2) is 50.9 Å². The second kappa shape index (κ2) is 13.7. The number of amides is 2. The molecule has 0 bridgehead atoms. The molecule has 3 aromatic carbocycles. The average Bonchev–Trinajstić information content (AvgIpc) is 2.92. The molecule has 0 saturated heterocycles. The Hall–Kier alpha value is -3.56. The lowest BCUT2D eigenvalue weighted by Gasteiger charge is -2.33. The second-order valence-electron chi connectivity index (χ2n) is 9.73. The number of nitrogens with zero attached hydrogens (tertiary/aromatic N) is 2. The van der Waals surface area contributed by atoms with E-state index in [0.29, 0.717) is 22.8 Å². The molecule has 0 saturated carbocycles. The lowest BCUT2D eigenvalue weighted by molar-refractivity contribution is -0.140. The van der Waals surface area contributed by atoms with E-state index in [1.807, 2.05) is 20.8 Å². The molecule has 10 heteroatoms. The third-order valence-electron chi connectivity index (χ3n) is 6.34. The van der Waals surface area contributed by atoms with Crippen molar-refractivity contribution < 1.29 is 22.7 Å². The van der Waals surface area contributed by atoms with E-state index in [9.17, 15) is 18.0 Å². The molecule has 40 heavy (non-hydrogen) atoms. The SMILES string of the molecule is CCC(C(=O)NC(C)C)N(Cc1ccccc1Cl)C(=O)CN(c1cccc(OC)c1)S(=O)(=O)c1ccc(C)cc1. The first-order chi connectivity index (χ1) is 19.0. The highest BCUT2D eigenvalue weighted by molar-refractivity contribution is 7.92. The van der Waals surface area contributed by atoms with Crippen LogP contribution in [0.4, 0.5) is 5.69 Å². The normalized spacial score (nSPS) is 12.1. The first kappa shape index (κ1) is 31.0. The Labute approximate surface area is 241 Å². The first-order valence-corrected chi connectivity index (χ1v) is 14.9. The number of methoxy groups -OCH3 is 1. The molecule has 0 aliphatic rings. The largest absolute Gasteiger partial charge is 0.497 e. The number of sulfonamides is 1. The standard InChI is InChI=1S/C30H36ClN3O5S/c1-6-28(30(36)32-21(2)3)33(19-23-10-7-8-13-27(23)31)29(35)20-34(24-11-9-12-25(18-24)39-5)40(37,38)26-16-14-22(4)15-17-26/h7-18,21,28H,6,19-20H2,1-5H3,(H,32,36). The lowest BCUT2D eigenvalue weighted by Crippen LogP contribution is -2.53. The highest BCUT2D eigenvalue weighted by atomic mass is 35.5. The highest BCUT2D eigenvalue weighted by Gasteiger charge is 2.34. The molecule has 214 valence electrons. The molecule has 0 aliphatic carbocycles. The van der Waals surface area contributed by atoms with Crippen LogP contribution in [0, 0.1) is 6.92 Å². The molecule has 0 aromatic heterocycles. The van der Waals surface area contributed by atoms with Crippen LogP contribution in [0.15, 0.2) is 77.7 Å². The van der Waals surface area contributed by atoms with Crippen molar-refractivity contribution in [3.05, 3.63) is 88.9 Å². The van der Waals surface area contributed by atoms with Crippen molar-refractivity contribution in [3.63, 3.8) is 0 Å². The van der Waals surface area contributed by atoms with E-state index in [1.165, 1.54) is 24.1 Å². The molecule has 0 fully saturated rings. The minimum atomic E-state index is -4.17. The van der Waals surface area contributed by atoms with Crippen LogP contribution in [0.3, 0.4) is 0 Å². The number of rotatable bonds is 12. The molecule has 8 nitrogen and oxygen atoms in total. The van der Waals surface area contributed by atoms with E-state index in [2.05, 4.69) is 5.32 Å². The van der Waals surface area contributed by atoms with Crippen LogP contribution >= 0.6 is 11.6 Å². The van der Waals surface area contributed by atoms with Gasteiger partial charge in [-0.2, -0.15) is 0 Å². The average molecular weight is 586 g/mol. The van der Waals surface area contributed by atoms with Crippen molar-refractivity contribution in [1.29, 1.82) is 0 Å². The fourth-order valence-electron chi connectivity index (χ4n) is 4.24. The van der Waals surface area contributed by atoms with Gasteiger partial charge in [0.05, 0.1) is 17.7 Å². The van der Waals surface area contributed by atoms with E-state index in [0.717, 1.165) is 9.87 Å². The quantitative estimate of drug-likeness (QED) is 0.316. The van der Waals surface area contributed by atoms with Gasteiger partial charge >= 0.3 is 0 Å².